The van der Waals surface area contributed by atoms with Crippen LogP contribution in [0.2, 0.25) is 0 Å². The number of nitrogens with one attached hydrogen (secondary N) is 1. The fraction of sp³-hybridized carbons (Fsp3) is 0.647. The van der Waals surface area contributed by atoms with Gasteiger partial charge >= 0.3 is 0 Å². The van der Waals surface area contributed by atoms with Crippen LogP contribution in [0.15, 0.2) is 24.3 Å². The molecule has 1 aromatic rings. The van der Waals surface area contributed by atoms with E-state index in [1.807, 2.05) is 6.07 Å². The van der Waals surface area contributed by atoms with Crippen LogP contribution in [0, 0.1) is 0 Å². The van der Waals surface area contributed by atoms with Crippen molar-refractivity contribution in [2.75, 3.05) is 26.7 Å². The van der Waals surface area contributed by atoms with Gasteiger partial charge in [-0.3, -0.25) is 4.90 Å². The van der Waals surface area contributed by atoms with Gasteiger partial charge in [-0.25, -0.2) is 0 Å². The molecule has 0 saturated carbocycles. The maximum Gasteiger partial charge on any atom is 0.119 e. The molecule has 0 spiro atoms. The first-order chi connectivity index (χ1) is 9.74. The summed E-state index contributed by atoms with van der Waals surface area (Å²) in [4.78, 5) is 2.55. The van der Waals surface area contributed by atoms with Gasteiger partial charge in [0.05, 0.1) is 7.11 Å². The van der Waals surface area contributed by atoms with Gasteiger partial charge in [-0.2, -0.15) is 0 Å². The zero-order valence-corrected chi connectivity index (χ0v) is 13.1. The number of likely N-dealkylation sites (N-methyl/N-ethyl adjacent to an activating group) is 1. The van der Waals surface area contributed by atoms with Gasteiger partial charge in [-0.15, -0.1) is 0 Å². The summed E-state index contributed by atoms with van der Waals surface area (Å²) in [7, 11) is 1.73. The van der Waals surface area contributed by atoms with Gasteiger partial charge in [0.2, 0.25) is 0 Å². The second kappa shape index (κ2) is 7.65. The fourth-order valence-electron chi connectivity index (χ4n) is 3.04. The van der Waals surface area contributed by atoms with Crippen molar-refractivity contribution in [2.45, 2.75) is 45.2 Å². The molecule has 112 valence electrons. The largest absolute Gasteiger partial charge is 0.497 e. The van der Waals surface area contributed by atoms with Gasteiger partial charge in [0, 0.05) is 18.6 Å². The van der Waals surface area contributed by atoms with E-state index in [1.54, 1.807) is 7.11 Å². The van der Waals surface area contributed by atoms with Crippen LogP contribution in [0.4, 0.5) is 0 Å². The number of ether oxygens (including phenoxy) is 1. The Labute approximate surface area is 123 Å². The first-order valence-corrected chi connectivity index (χ1v) is 7.86. The van der Waals surface area contributed by atoms with Crippen molar-refractivity contribution in [3.63, 3.8) is 0 Å². The molecule has 3 heteroatoms. The lowest BCUT2D eigenvalue weighted by Crippen LogP contribution is -2.44. The molecular formula is C17H28N2O. The third-order valence-corrected chi connectivity index (χ3v) is 4.40. The summed E-state index contributed by atoms with van der Waals surface area (Å²) in [5.74, 6) is 0.946. The summed E-state index contributed by atoms with van der Waals surface area (Å²) in [6.07, 6.45) is 4.00. The van der Waals surface area contributed by atoms with Gasteiger partial charge in [-0.05, 0) is 50.6 Å². The summed E-state index contributed by atoms with van der Waals surface area (Å²) in [5, 5.41) is 3.65. The average Bonchev–Trinajstić information content (AvgIpc) is 2.53. The molecule has 0 bridgehead atoms. The quantitative estimate of drug-likeness (QED) is 0.863. The van der Waals surface area contributed by atoms with Gasteiger partial charge in [0.1, 0.15) is 5.75 Å². The molecule has 1 aliphatic rings. The first kappa shape index (κ1) is 15.3. The third kappa shape index (κ3) is 3.97. The van der Waals surface area contributed by atoms with Crippen LogP contribution in [0.25, 0.3) is 0 Å². The normalized spacial score (nSPS) is 20.9. The molecule has 2 unspecified atom stereocenters. The lowest BCUT2D eigenvalue weighted by Gasteiger charge is -2.34. The molecule has 20 heavy (non-hydrogen) atoms. The van der Waals surface area contributed by atoms with E-state index >= 15 is 0 Å². The molecule has 1 saturated heterocycles. The lowest BCUT2D eigenvalue weighted by atomic mass is 10.0. The van der Waals surface area contributed by atoms with Crippen LogP contribution in [-0.2, 0) is 0 Å². The molecule has 1 heterocycles. The summed E-state index contributed by atoms with van der Waals surface area (Å²) in [5.41, 5.74) is 1.34. The van der Waals surface area contributed by atoms with E-state index in [0.717, 1.165) is 18.8 Å². The average molecular weight is 276 g/mol. The summed E-state index contributed by atoms with van der Waals surface area (Å²) in [6, 6.07) is 9.52. The van der Waals surface area contributed by atoms with Crippen LogP contribution in [-0.4, -0.2) is 37.7 Å². The number of hydrogen-bond donors (Lipinski definition) is 1. The Morgan fingerprint density at radius 2 is 2.25 bits per heavy atom. The molecule has 1 fully saturated rings. The zero-order chi connectivity index (χ0) is 14.4. The maximum absolute atomic E-state index is 5.34. The van der Waals surface area contributed by atoms with Gasteiger partial charge in [0.25, 0.3) is 0 Å². The van der Waals surface area contributed by atoms with E-state index in [0.29, 0.717) is 12.1 Å². The highest BCUT2D eigenvalue weighted by molar-refractivity contribution is 5.30. The second-order valence-corrected chi connectivity index (χ2v) is 5.69. The van der Waals surface area contributed by atoms with Crippen molar-refractivity contribution < 1.29 is 4.74 Å². The summed E-state index contributed by atoms with van der Waals surface area (Å²) in [6.45, 7) is 7.93. The molecule has 0 aromatic heterocycles. The molecule has 1 aromatic carbocycles. The van der Waals surface area contributed by atoms with Crippen LogP contribution >= 0.6 is 0 Å². The van der Waals surface area contributed by atoms with Crippen molar-refractivity contribution in [1.82, 2.24) is 10.2 Å². The van der Waals surface area contributed by atoms with Crippen LogP contribution in [0.5, 0.6) is 5.75 Å². The van der Waals surface area contributed by atoms with E-state index in [9.17, 15) is 0 Å². The number of methoxy groups -OCH3 is 1. The SMILES string of the molecule is CCN(CC1CCCCN1)C(C)c1cccc(OC)c1. The molecule has 0 amide bonds. The van der Waals surface area contributed by atoms with E-state index < -0.39 is 0 Å². The Kier molecular flexibility index (Phi) is 5.86. The number of hydrogen-bond acceptors (Lipinski definition) is 3. The Morgan fingerprint density at radius 1 is 1.40 bits per heavy atom. The first-order valence-electron chi connectivity index (χ1n) is 7.86. The minimum absolute atomic E-state index is 0.429. The van der Waals surface area contributed by atoms with Gasteiger partial charge in [-0.1, -0.05) is 25.5 Å². The molecule has 2 rings (SSSR count). The van der Waals surface area contributed by atoms with E-state index in [2.05, 4.69) is 42.3 Å². The maximum atomic E-state index is 5.34. The van der Waals surface area contributed by atoms with Crippen LogP contribution in [0.1, 0.15) is 44.7 Å². The Morgan fingerprint density at radius 3 is 2.90 bits per heavy atom. The van der Waals surface area contributed by atoms with Crippen molar-refractivity contribution in [2.24, 2.45) is 0 Å². The predicted molar refractivity (Wildman–Crippen MR) is 84.3 cm³/mol. The topological polar surface area (TPSA) is 24.5 Å². The van der Waals surface area contributed by atoms with E-state index in [-0.39, 0.29) is 0 Å². The minimum atomic E-state index is 0.429. The van der Waals surface area contributed by atoms with E-state index in [4.69, 9.17) is 4.74 Å². The van der Waals surface area contributed by atoms with Crippen molar-refractivity contribution >= 4 is 0 Å². The molecule has 0 radical (unpaired) electrons. The fourth-order valence-corrected chi connectivity index (χ4v) is 3.04. The summed E-state index contributed by atoms with van der Waals surface area (Å²) < 4.78 is 5.34. The molecule has 0 aliphatic carbocycles. The summed E-state index contributed by atoms with van der Waals surface area (Å²) >= 11 is 0. The Hall–Kier alpha value is -1.06. The number of benzene rings is 1. The monoisotopic (exact) mass is 276 g/mol. The second-order valence-electron chi connectivity index (χ2n) is 5.69. The molecule has 1 aliphatic heterocycles. The van der Waals surface area contributed by atoms with Crippen molar-refractivity contribution in [3.05, 3.63) is 29.8 Å². The highest BCUT2D eigenvalue weighted by atomic mass is 16.5. The molecule has 2 atom stereocenters. The highest BCUT2D eigenvalue weighted by Crippen LogP contribution is 2.24. The number of piperidine rings is 1. The Balaban J connectivity index is 2.01. The van der Waals surface area contributed by atoms with E-state index in [1.165, 1.54) is 31.4 Å². The molecule has 3 nitrogen and oxygen atoms in total. The van der Waals surface area contributed by atoms with Gasteiger partial charge < -0.3 is 10.1 Å². The molecular weight excluding hydrogens is 248 g/mol. The Bertz CT molecular complexity index is 402. The highest BCUT2D eigenvalue weighted by Gasteiger charge is 2.20. The van der Waals surface area contributed by atoms with Crippen LogP contribution in [0.3, 0.4) is 0 Å². The molecule has 1 N–H and O–H groups in total. The number of rotatable bonds is 6. The lowest BCUT2D eigenvalue weighted by molar-refractivity contribution is 0.184. The smallest absolute Gasteiger partial charge is 0.119 e. The minimum Gasteiger partial charge on any atom is -0.497 e. The van der Waals surface area contributed by atoms with Gasteiger partial charge in [0.15, 0.2) is 0 Å². The van der Waals surface area contributed by atoms with Crippen LogP contribution < -0.4 is 10.1 Å². The standard InChI is InChI=1S/C17H28N2O/c1-4-19(13-16-9-5-6-11-18-16)14(2)15-8-7-10-17(12-15)20-3/h7-8,10,12,14,16,18H,4-6,9,11,13H2,1-3H3. The van der Waals surface area contributed by atoms with Crippen molar-refractivity contribution in [3.8, 4) is 5.75 Å². The van der Waals surface area contributed by atoms with Crippen molar-refractivity contribution in [1.29, 1.82) is 0 Å². The third-order valence-electron chi connectivity index (χ3n) is 4.40. The zero-order valence-electron chi connectivity index (χ0n) is 13.1. The predicted octanol–water partition coefficient (Wildman–Crippen LogP) is 3.22. The number of nitrogens with zero attached hydrogens (tertiary/aromatic N) is 1.